The molecule has 3 heteroatoms. The summed E-state index contributed by atoms with van der Waals surface area (Å²) in [6, 6.07) is 49.0. The molecule has 0 atom stereocenters. The van der Waals surface area contributed by atoms with Gasteiger partial charge in [0.1, 0.15) is 0 Å². The third-order valence-corrected chi connectivity index (χ3v) is 11.8. The maximum absolute atomic E-state index is 8.83. The fraction of sp³-hybridized carbons (Fsp3) is 0.135. The van der Waals surface area contributed by atoms with E-state index in [9.17, 15) is 0 Å². The quantitative estimate of drug-likeness (QED) is 0.137. The number of nitrogens with zero attached hydrogens (tertiary/aromatic N) is 2. The molecule has 3 nitrogen and oxygen atoms in total. The Kier molecular flexibility index (Phi) is 8.39. The zero-order chi connectivity index (χ0) is 37.7. The molecule has 0 heterocycles. The van der Waals surface area contributed by atoms with Crippen molar-refractivity contribution >= 4 is 23.5 Å². The molecule has 55 heavy (non-hydrogen) atoms. The van der Waals surface area contributed by atoms with E-state index in [-0.39, 0.29) is 16.7 Å². The lowest BCUT2D eigenvalue weighted by Gasteiger charge is -2.24. The molecule has 6 aromatic rings. The van der Waals surface area contributed by atoms with Crippen molar-refractivity contribution < 1.29 is 0 Å². The Hall–Kier alpha value is -6.45. The van der Waals surface area contributed by atoms with Gasteiger partial charge in [-0.1, -0.05) is 179 Å². The molecule has 1 N–H and O–H groups in total. The molecule has 0 aromatic heterocycles. The van der Waals surface area contributed by atoms with Crippen molar-refractivity contribution in [3.05, 3.63) is 208 Å². The molecular weight excluding hydrogens is 667 g/mol. The Morgan fingerprint density at radius 3 is 1.89 bits per heavy atom. The zero-order valence-corrected chi connectivity index (χ0v) is 31.8. The fourth-order valence-corrected chi connectivity index (χ4v) is 8.64. The molecule has 0 saturated carbocycles. The van der Waals surface area contributed by atoms with Crippen LogP contribution in [0.1, 0.15) is 73.1 Å². The van der Waals surface area contributed by atoms with Gasteiger partial charge in [-0.25, -0.2) is 9.98 Å². The van der Waals surface area contributed by atoms with E-state index in [1.165, 1.54) is 61.2 Å². The van der Waals surface area contributed by atoms with E-state index >= 15 is 0 Å². The van der Waals surface area contributed by atoms with Crippen LogP contribution < -0.4 is 0 Å². The van der Waals surface area contributed by atoms with Gasteiger partial charge in [-0.3, -0.25) is 5.41 Å². The van der Waals surface area contributed by atoms with E-state index < -0.39 is 0 Å². The smallest absolute Gasteiger partial charge is 0.161 e. The minimum atomic E-state index is -0.0588. The third-order valence-electron chi connectivity index (χ3n) is 11.8. The topological polar surface area (TPSA) is 48.6 Å². The second-order valence-electron chi connectivity index (χ2n) is 15.8. The Morgan fingerprint density at radius 1 is 0.564 bits per heavy atom. The predicted molar refractivity (Wildman–Crippen MR) is 232 cm³/mol. The number of allylic oxidation sites excluding steroid dienone is 6. The standard InChI is InChI=1S/C52H43N3/c1-51(2)45-17-10-6-9-15-41(45)43-29-27-39(31-47(43)51)35-21-19-34(20-22-35)33-54-50(55-49(53)37-13-7-5-8-14-37)38-25-23-36(24-26-38)40-28-30-44-42-16-11-12-18-46(42)52(3,4)48(44)32-40/h5-16,18-33,53H,17H2,1-4H3/b53-49?,54-33+,55-50-. The Balaban J connectivity index is 0.994. The molecule has 6 aromatic carbocycles. The summed E-state index contributed by atoms with van der Waals surface area (Å²) in [5, 5.41) is 8.83. The van der Waals surface area contributed by atoms with Crippen molar-refractivity contribution in [2.45, 2.75) is 44.9 Å². The lowest BCUT2D eigenvalue weighted by Crippen LogP contribution is -2.17. The Morgan fingerprint density at radius 2 is 1.16 bits per heavy atom. The summed E-state index contributed by atoms with van der Waals surface area (Å²) in [7, 11) is 0. The summed E-state index contributed by atoms with van der Waals surface area (Å²) in [4.78, 5) is 9.67. The number of benzene rings is 6. The van der Waals surface area contributed by atoms with Crippen molar-refractivity contribution in [2.24, 2.45) is 9.98 Å². The van der Waals surface area contributed by atoms with E-state index in [4.69, 9.17) is 15.4 Å². The van der Waals surface area contributed by atoms with Gasteiger partial charge in [0.25, 0.3) is 0 Å². The first-order valence-corrected chi connectivity index (χ1v) is 19.1. The lowest BCUT2D eigenvalue weighted by molar-refractivity contribution is 0.626. The summed E-state index contributed by atoms with van der Waals surface area (Å²) in [5.41, 5.74) is 18.1. The monoisotopic (exact) mass is 709 g/mol. The molecular formula is C52H43N3. The van der Waals surface area contributed by atoms with Crippen molar-refractivity contribution in [3.63, 3.8) is 0 Å². The highest BCUT2D eigenvalue weighted by atomic mass is 14.9. The van der Waals surface area contributed by atoms with Gasteiger partial charge in [0, 0.05) is 28.2 Å². The normalized spacial score (nSPS) is 16.1. The molecule has 9 rings (SSSR count). The highest BCUT2D eigenvalue weighted by Gasteiger charge is 2.37. The first-order chi connectivity index (χ1) is 26.7. The van der Waals surface area contributed by atoms with Crippen molar-refractivity contribution in [2.75, 3.05) is 0 Å². The van der Waals surface area contributed by atoms with Gasteiger partial charge in [0.05, 0.1) is 0 Å². The highest BCUT2D eigenvalue weighted by Crippen LogP contribution is 2.51. The molecule has 3 aliphatic rings. The van der Waals surface area contributed by atoms with Gasteiger partial charge in [0.15, 0.2) is 11.7 Å². The molecule has 0 bridgehead atoms. The first-order valence-electron chi connectivity index (χ1n) is 19.1. The number of rotatable bonds is 5. The largest absolute Gasteiger partial charge is 0.282 e. The molecule has 0 fully saturated rings. The van der Waals surface area contributed by atoms with Crippen LogP contribution in [0.25, 0.3) is 39.0 Å². The summed E-state index contributed by atoms with van der Waals surface area (Å²) in [5.74, 6) is 0.664. The number of aliphatic imine (C=N–C) groups is 2. The van der Waals surface area contributed by atoms with Crippen LogP contribution >= 0.6 is 0 Å². The summed E-state index contributed by atoms with van der Waals surface area (Å²) in [6.45, 7) is 9.33. The SMILES string of the molecule is CC1(C)C2=C(C=CC=CC2)c2ccc(-c3ccc(/C=N/C(=N\C(=N)c4ccccc4)c4ccc(-c5ccc6c(c5)C(C)(C)c5ccccc5-6)cc4)cc3)cc21. The molecule has 0 spiro atoms. The Labute approximate surface area is 324 Å². The van der Waals surface area contributed by atoms with Crippen LogP contribution in [0.4, 0.5) is 0 Å². The second kappa shape index (κ2) is 13.4. The molecule has 0 saturated heterocycles. The van der Waals surface area contributed by atoms with Crippen LogP contribution in [0.2, 0.25) is 0 Å². The first kappa shape index (κ1) is 34.3. The van der Waals surface area contributed by atoms with Crippen LogP contribution in [0.3, 0.4) is 0 Å². The summed E-state index contributed by atoms with van der Waals surface area (Å²) >= 11 is 0. The summed E-state index contributed by atoms with van der Waals surface area (Å²) < 4.78 is 0. The second-order valence-corrected chi connectivity index (χ2v) is 15.8. The average Bonchev–Trinajstić information content (AvgIpc) is 3.40. The maximum Gasteiger partial charge on any atom is 0.161 e. The minimum absolute atomic E-state index is 0.0155. The van der Waals surface area contributed by atoms with Gasteiger partial charge in [0.2, 0.25) is 0 Å². The van der Waals surface area contributed by atoms with Crippen LogP contribution in [0, 0.1) is 5.41 Å². The zero-order valence-electron chi connectivity index (χ0n) is 31.8. The Bertz CT molecular complexity index is 2650. The summed E-state index contributed by atoms with van der Waals surface area (Å²) in [6.07, 6.45) is 11.7. The number of hydrogen-bond donors (Lipinski definition) is 1. The van der Waals surface area contributed by atoms with Gasteiger partial charge in [-0.05, 0) is 90.9 Å². The van der Waals surface area contributed by atoms with Crippen LogP contribution in [-0.4, -0.2) is 17.9 Å². The van der Waals surface area contributed by atoms with Crippen molar-refractivity contribution in [1.29, 1.82) is 5.41 Å². The van der Waals surface area contributed by atoms with Crippen LogP contribution in [-0.2, 0) is 10.8 Å². The van der Waals surface area contributed by atoms with Crippen LogP contribution in [0.5, 0.6) is 0 Å². The van der Waals surface area contributed by atoms with Gasteiger partial charge in [-0.15, -0.1) is 0 Å². The molecule has 0 radical (unpaired) electrons. The minimum Gasteiger partial charge on any atom is -0.282 e. The van der Waals surface area contributed by atoms with Crippen molar-refractivity contribution in [1.82, 2.24) is 0 Å². The average molecular weight is 710 g/mol. The molecule has 0 unspecified atom stereocenters. The maximum atomic E-state index is 8.83. The van der Waals surface area contributed by atoms with E-state index in [2.05, 4.69) is 161 Å². The molecule has 0 amide bonds. The van der Waals surface area contributed by atoms with Crippen LogP contribution in [0.15, 0.2) is 179 Å². The predicted octanol–water partition coefficient (Wildman–Crippen LogP) is 12.8. The fourth-order valence-electron chi connectivity index (χ4n) is 8.64. The number of fused-ring (bicyclic) bond motifs is 5. The number of amidine groups is 2. The van der Waals surface area contributed by atoms with Gasteiger partial charge < -0.3 is 0 Å². The van der Waals surface area contributed by atoms with E-state index in [1.807, 2.05) is 36.5 Å². The van der Waals surface area contributed by atoms with Crippen molar-refractivity contribution in [3.8, 4) is 33.4 Å². The molecule has 266 valence electrons. The lowest BCUT2D eigenvalue weighted by atomic mass is 9.79. The highest BCUT2D eigenvalue weighted by molar-refractivity contribution is 6.13. The van der Waals surface area contributed by atoms with E-state index in [0.29, 0.717) is 5.84 Å². The van der Waals surface area contributed by atoms with Gasteiger partial charge >= 0.3 is 0 Å². The number of hydrogen-bond acceptors (Lipinski definition) is 1. The molecule has 3 aliphatic carbocycles. The van der Waals surface area contributed by atoms with E-state index in [1.54, 1.807) is 0 Å². The number of nitrogens with one attached hydrogen (secondary N) is 1. The molecule has 0 aliphatic heterocycles. The third kappa shape index (κ3) is 6.06. The van der Waals surface area contributed by atoms with Gasteiger partial charge in [-0.2, -0.15) is 0 Å². The van der Waals surface area contributed by atoms with E-state index in [0.717, 1.165) is 28.7 Å².